The zero-order valence-corrected chi connectivity index (χ0v) is 16.6. The Hall–Kier alpha value is -3.03. The number of amides is 1. The van der Waals surface area contributed by atoms with E-state index in [1.807, 2.05) is 24.3 Å². The molecule has 2 fully saturated rings. The van der Waals surface area contributed by atoms with Gasteiger partial charge in [0.25, 0.3) is 0 Å². The molecule has 0 radical (unpaired) electrons. The van der Waals surface area contributed by atoms with E-state index in [2.05, 4.69) is 10.1 Å². The Balaban J connectivity index is 1.76. The van der Waals surface area contributed by atoms with Crippen molar-refractivity contribution >= 4 is 11.9 Å². The van der Waals surface area contributed by atoms with E-state index in [-0.39, 0.29) is 17.6 Å². The largest absolute Gasteiger partial charge is 0.573 e. The fraction of sp³-hybridized carbons (Fsp3) is 0.364. The van der Waals surface area contributed by atoms with E-state index in [1.54, 1.807) is 13.0 Å². The van der Waals surface area contributed by atoms with E-state index in [0.29, 0.717) is 11.5 Å². The third kappa shape index (κ3) is 3.74. The van der Waals surface area contributed by atoms with Crippen LogP contribution in [0.3, 0.4) is 0 Å². The molecule has 2 atom stereocenters. The van der Waals surface area contributed by atoms with Crippen LogP contribution in [0.25, 0.3) is 0 Å². The number of ether oxygens (including phenoxy) is 1. The summed E-state index contributed by atoms with van der Waals surface area (Å²) in [4.78, 5) is 14.4. The van der Waals surface area contributed by atoms with Crippen LogP contribution in [0, 0.1) is 5.41 Å². The van der Waals surface area contributed by atoms with Crippen LogP contribution in [-0.2, 0) is 10.3 Å². The van der Waals surface area contributed by atoms with Crippen molar-refractivity contribution in [2.24, 2.45) is 0 Å². The summed E-state index contributed by atoms with van der Waals surface area (Å²) in [5, 5.41) is 11.2. The standard InChI is InChI=1S/C22H22F3N3O2/c1-21(16-4-3-5-17(12-16)30-22(23,24)25)18(19(29)28(2)20(26)27-21)15-10-8-14(9-11-15)13-6-7-13/h3-5,8-13,18H,6-7H2,1-2H3,(H2,26,27)/t18-,21+/m0/s1. The molecule has 158 valence electrons. The minimum Gasteiger partial charge on any atom is -0.406 e. The molecule has 1 amide bonds. The number of likely N-dealkylation sites (N-methyl/N-ethyl adjacent to an activating group) is 1. The SMILES string of the molecule is CN1C(=N)N[C@](C)(c2cccc(OC(F)(F)F)c2)[C@@H](c2ccc(C3CC3)cc2)C1=O. The van der Waals surface area contributed by atoms with Gasteiger partial charge in [0, 0.05) is 7.05 Å². The Morgan fingerprint density at radius 3 is 2.37 bits per heavy atom. The van der Waals surface area contributed by atoms with Crippen LogP contribution >= 0.6 is 0 Å². The normalized spacial score (nSPS) is 24.6. The number of benzene rings is 2. The molecule has 4 rings (SSSR count). The first-order valence-corrected chi connectivity index (χ1v) is 9.69. The highest BCUT2D eigenvalue weighted by Crippen LogP contribution is 2.44. The Bertz CT molecular complexity index is 986. The number of hydrogen-bond acceptors (Lipinski definition) is 3. The first kappa shape index (κ1) is 20.3. The summed E-state index contributed by atoms with van der Waals surface area (Å²) in [6.45, 7) is 1.72. The van der Waals surface area contributed by atoms with Gasteiger partial charge >= 0.3 is 6.36 Å². The van der Waals surface area contributed by atoms with Crippen molar-refractivity contribution in [1.82, 2.24) is 10.2 Å². The Morgan fingerprint density at radius 2 is 1.77 bits per heavy atom. The number of carbonyl (C=O) groups excluding carboxylic acids is 1. The van der Waals surface area contributed by atoms with E-state index in [0.717, 1.165) is 18.4 Å². The molecular weight excluding hydrogens is 395 g/mol. The summed E-state index contributed by atoms with van der Waals surface area (Å²) < 4.78 is 42.2. The van der Waals surface area contributed by atoms with Gasteiger partial charge in [-0.15, -0.1) is 13.2 Å². The number of halogens is 3. The van der Waals surface area contributed by atoms with Gasteiger partial charge in [0.1, 0.15) is 5.75 Å². The number of nitrogens with zero attached hydrogens (tertiary/aromatic N) is 1. The molecular formula is C22H22F3N3O2. The second-order valence-electron chi connectivity index (χ2n) is 8.02. The first-order chi connectivity index (χ1) is 14.1. The number of rotatable bonds is 4. The summed E-state index contributed by atoms with van der Waals surface area (Å²) in [5.74, 6) is -0.953. The van der Waals surface area contributed by atoms with E-state index >= 15 is 0 Å². The van der Waals surface area contributed by atoms with E-state index in [9.17, 15) is 18.0 Å². The number of hydrogen-bond donors (Lipinski definition) is 2. The van der Waals surface area contributed by atoms with Crippen molar-refractivity contribution in [3.05, 3.63) is 65.2 Å². The monoisotopic (exact) mass is 417 g/mol. The van der Waals surface area contributed by atoms with Crippen LogP contribution in [0.1, 0.15) is 48.3 Å². The molecule has 0 aromatic heterocycles. The highest BCUT2D eigenvalue weighted by Gasteiger charge is 2.48. The van der Waals surface area contributed by atoms with Gasteiger partial charge in [0.2, 0.25) is 5.91 Å². The molecule has 0 unspecified atom stereocenters. The summed E-state index contributed by atoms with van der Waals surface area (Å²) in [5.41, 5.74) is 1.25. The van der Waals surface area contributed by atoms with E-state index in [4.69, 9.17) is 5.41 Å². The third-order valence-corrected chi connectivity index (χ3v) is 5.85. The molecule has 1 aliphatic heterocycles. The average Bonchev–Trinajstić information content (AvgIpc) is 3.51. The lowest BCUT2D eigenvalue weighted by molar-refractivity contribution is -0.274. The lowest BCUT2D eigenvalue weighted by Crippen LogP contribution is -2.62. The van der Waals surface area contributed by atoms with Gasteiger partial charge in [-0.25, -0.2) is 0 Å². The fourth-order valence-electron chi connectivity index (χ4n) is 4.06. The molecule has 2 N–H and O–H groups in total. The highest BCUT2D eigenvalue weighted by molar-refractivity contribution is 6.02. The number of carbonyl (C=O) groups is 1. The molecule has 1 saturated heterocycles. The van der Waals surface area contributed by atoms with Crippen molar-refractivity contribution < 1.29 is 22.7 Å². The van der Waals surface area contributed by atoms with E-state index in [1.165, 1.54) is 35.7 Å². The molecule has 0 spiro atoms. The maximum absolute atomic E-state index is 13.2. The lowest BCUT2D eigenvalue weighted by atomic mass is 9.73. The second-order valence-corrected chi connectivity index (χ2v) is 8.02. The molecule has 2 aromatic rings. The molecule has 1 saturated carbocycles. The van der Waals surface area contributed by atoms with Gasteiger partial charge in [-0.05, 0) is 54.5 Å². The predicted octanol–water partition coefficient (Wildman–Crippen LogP) is 4.46. The maximum atomic E-state index is 13.2. The minimum atomic E-state index is -4.82. The zero-order valence-electron chi connectivity index (χ0n) is 16.6. The van der Waals surface area contributed by atoms with Crippen LogP contribution in [0.5, 0.6) is 5.75 Å². The van der Waals surface area contributed by atoms with Crippen molar-refractivity contribution in [2.75, 3.05) is 7.05 Å². The van der Waals surface area contributed by atoms with Gasteiger partial charge in [0.05, 0.1) is 11.5 Å². The predicted molar refractivity (Wildman–Crippen MR) is 105 cm³/mol. The van der Waals surface area contributed by atoms with Crippen molar-refractivity contribution in [3.8, 4) is 5.75 Å². The van der Waals surface area contributed by atoms with Crippen LogP contribution < -0.4 is 10.1 Å². The molecule has 0 bridgehead atoms. The molecule has 30 heavy (non-hydrogen) atoms. The number of guanidine groups is 1. The lowest BCUT2D eigenvalue weighted by Gasteiger charge is -2.46. The third-order valence-electron chi connectivity index (χ3n) is 5.85. The minimum absolute atomic E-state index is 0.115. The van der Waals surface area contributed by atoms with Crippen LogP contribution in [-0.4, -0.2) is 30.2 Å². The molecule has 1 heterocycles. The van der Waals surface area contributed by atoms with Gasteiger partial charge < -0.3 is 10.1 Å². The zero-order chi connectivity index (χ0) is 21.7. The molecule has 2 aromatic carbocycles. The average molecular weight is 417 g/mol. The summed E-state index contributed by atoms with van der Waals surface area (Å²) in [7, 11) is 1.51. The topological polar surface area (TPSA) is 65.4 Å². The maximum Gasteiger partial charge on any atom is 0.573 e. The second kappa shape index (κ2) is 7.04. The Labute approximate surface area is 172 Å². The van der Waals surface area contributed by atoms with E-state index < -0.39 is 17.8 Å². The van der Waals surface area contributed by atoms with Crippen LogP contribution in [0.2, 0.25) is 0 Å². The smallest absolute Gasteiger partial charge is 0.406 e. The van der Waals surface area contributed by atoms with Gasteiger partial charge in [0.15, 0.2) is 5.96 Å². The molecule has 2 aliphatic rings. The first-order valence-electron chi connectivity index (χ1n) is 9.69. The number of alkyl halides is 3. The number of nitrogens with one attached hydrogen (secondary N) is 2. The Kier molecular flexibility index (Phi) is 4.75. The summed E-state index contributed by atoms with van der Waals surface area (Å²) in [6, 6.07) is 13.4. The van der Waals surface area contributed by atoms with Crippen LogP contribution in [0.4, 0.5) is 13.2 Å². The van der Waals surface area contributed by atoms with Gasteiger partial charge in [-0.2, -0.15) is 0 Å². The van der Waals surface area contributed by atoms with Crippen molar-refractivity contribution in [2.45, 2.75) is 43.5 Å². The summed E-state index contributed by atoms with van der Waals surface area (Å²) >= 11 is 0. The Morgan fingerprint density at radius 1 is 1.13 bits per heavy atom. The van der Waals surface area contributed by atoms with Gasteiger partial charge in [-0.3, -0.25) is 15.1 Å². The van der Waals surface area contributed by atoms with Gasteiger partial charge in [-0.1, -0.05) is 36.4 Å². The fourth-order valence-corrected chi connectivity index (χ4v) is 4.06. The summed E-state index contributed by atoms with van der Waals surface area (Å²) in [6.07, 6.45) is -2.50. The molecule has 8 heteroatoms. The van der Waals surface area contributed by atoms with Crippen molar-refractivity contribution in [1.29, 1.82) is 5.41 Å². The highest BCUT2D eigenvalue weighted by atomic mass is 19.4. The van der Waals surface area contributed by atoms with Crippen LogP contribution in [0.15, 0.2) is 48.5 Å². The quantitative estimate of drug-likeness (QED) is 0.772. The molecule has 5 nitrogen and oxygen atoms in total. The molecule has 1 aliphatic carbocycles. The van der Waals surface area contributed by atoms with Crippen molar-refractivity contribution in [3.63, 3.8) is 0 Å².